The molecular weight excluding hydrogens is 314 g/mol. The molecule has 0 aliphatic heterocycles. The highest BCUT2D eigenvalue weighted by molar-refractivity contribution is 9.10. The second-order valence-corrected chi connectivity index (χ2v) is 4.03. The van der Waals surface area contributed by atoms with Crippen LogP contribution in [0.1, 0.15) is 0 Å². The van der Waals surface area contributed by atoms with Crippen molar-refractivity contribution in [2.45, 2.75) is 6.04 Å². The molecule has 7 heteroatoms. The van der Waals surface area contributed by atoms with Crippen LogP contribution in [0, 0.1) is 5.82 Å². The zero-order valence-electron chi connectivity index (χ0n) is 9.07. The van der Waals surface area contributed by atoms with Crippen molar-refractivity contribution in [2.75, 3.05) is 19.0 Å². The van der Waals surface area contributed by atoms with Gasteiger partial charge in [0.2, 0.25) is 5.91 Å². The molecule has 1 unspecified atom stereocenters. The highest BCUT2D eigenvalue weighted by atomic mass is 79.9. The molecule has 0 radical (unpaired) electrons. The summed E-state index contributed by atoms with van der Waals surface area (Å²) in [4.78, 5) is 11.4. The lowest BCUT2D eigenvalue weighted by Gasteiger charge is -2.11. The van der Waals surface area contributed by atoms with Crippen molar-refractivity contribution < 1.29 is 13.9 Å². The average Bonchev–Trinajstić information content (AvgIpc) is 2.24. The maximum absolute atomic E-state index is 13.1. The second-order valence-electron chi connectivity index (χ2n) is 3.18. The quantitative estimate of drug-likeness (QED) is 0.888. The Morgan fingerprint density at radius 2 is 2.29 bits per heavy atom. The molecule has 0 fully saturated rings. The van der Waals surface area contributed by atoms with Crippen molar-refractivity contribution in [3.8, 4) is 0 Å². The van der Waals surface area contributed by atoms with Gasteiger partial charge in [0.1, 0.15) is 11.9 Å². The molecule has 0 spiro atoms. The van der Waals surface area contributed by atoms with Crippen molar-refractivity contribution in [1.82, 2.24) is 0 Å². The lowest BCUT2D eigenvalue weighted by molar-refractivity contribution is -0.118. The van der Waals surface area contributed by atoms with Gasteiger partial charge in [-0.05, 0) is 34.1 Å². The van der Waals surface area contributed by atoms with E-state index in [1.54, 1.807) is 6.07 Å². The van der Waals surface area contributed by atoms with Gasteiger partial charge in [-0.1, -0.05) is 0 Å². The SMILES string of the molecule is COCC(N)C(=O)Nc1ccc(Br)c(F)c1.Cl. The molecule has 1 aromatic carbocycles. The van der Waals surface area contributed by atoms with Crippen molar-refractivity contribution in [2.24, 2.45) is 5.73 Å². The van der Waals surface area contributed by atoms with E-state index in [0.717, 1.165) is 0 Å². The predicted molar refractivity (Wildman–Crippen MR) is 69.8 cm³/mol. The molecule has 4 nitrogen and oxygen atoms in total. The van der Waals surface area contributed by atoms with Gasteiger partial charge in [-0.3, -0.25) is 4.79 Å². The summed E-state index contributed by atoms with van der Waals surface area (Å²) in [5, 5.41) is 2.49. The van der Waals surface area contributed by atoms with Crippen LogP contribution >= 0.6 is 28.3 Å². The standard InChI is InChI=1S/C10H12BrFN2O2.ClH/c1-16-5-9(13)10(15)14-6-2-3-7(11)8(12)4-6;/h2-4,9H,5,13H2,1H3,(H,14,15);1H. The van der Waals surface area contributed by atoms with Crippen molar-refractivity contribution in [3.05, 3.63) is 28.5 Å². The highest BCUT2D eigenvalue weighted by Gasteiger charge is 2.13. The number of anilines is 1. The molecule has 3 N–H and O–H groups in total. The fourth-order valence-electron chi connectivity index (χ4n) is 1.06. The molecule has 1 atom stereocenters. The van der Waals surface area contributed by atoms with Gasteiger partial charge in [-0.15, -0.1) is 12.4 Å². The van der Waals surface area contributed by atoms with Gasteiger partial charge in [-0.25, -0.2) is 4.39 Å². The Morgan fingerprint density at radius 1 is 1.65 bits per heavy atom. The zero-order valence-corrected chi connectivity index (χ0v) is 11.5. The maximum Gasteiger partial charge on any atom is 0.243 e. The van der Waals surface area contributed by atoms with Crippen molar-refractivity contribution in [1.29, 1.82) is 0 Å². The summed E-state index contributed by atoms with van der Waals surface area (Å²) in [7, 11) is 1.45. The van der Waals surface area contributed by atoms with Crippen LogP contribution in [-0.2, 0) is 9.53 Å². The molecule has 0 bridgehead atoms. The highest BCUT2D eigenvalue weighted by Crippen LogP contribution is 2.19. The number of halogens is 3. The first-order chi connectivity index (χ1) is 7.54. The first kappa shape index (κ1) is 16.3. The molecular formula is C10H13BrClFN2O2. The van der Waals surface area contributed by atoms with Crippen LogP contribution in [0.5, 0.6) is 0 Å². The average molecular weight is 328 g/mol. The molecule has 0 aliphatic carbocycles. The van der Waals surface area contributed by atoms with Gasteiger partial charge in [0, 0.05) is 12.8 Å². The molecule has 17 heavy (non-hydrogen) atoms. The molecule has 1 rings (SSSR count). The number of nitrogens with two attached hydrogens (primary N) is 1. The van der Waals surface area contributed by atoms with Gasteiger partial charge in [0.05, 0.1) is 11.1 Å². The first-order valence-electron chi connectivity index (χ1n) is 4.55. The molecule has 0 aromatic heterocycles. The molecule has 0 saturated carbocycles. The van der Waals surface area contributed by atoms with E-state index in [1.165, 1.54) is 19.2 Å². The molecule has 0 saturated heterocycles. The largest absolute Gasteiger partial charge is 0.383 e. The third kappa shape index (κ3) is 4.99. The van der Waals surface area contributed by atoms with Crippen LogP contribution < -0.4 is 11.1 Å². The third-order valence-corrected chi connectivity index (χ3v) is 2.51. The molecule has 1 amide bonds. The molecule has 96 valence electrons. The number of carbonyl (C=O) groups excluding carboxylic acids is 1. The Morgan fingerprint density at radius 3 is 2.82 bits per heavy atom. The normalized spacial score (nSPS) is 11.5. The monoisotopic (exact) mass is 326 g/mol. The molecule has 0 aliphatic rings. The summed E-state index contributed by atoms with van der Waals surface area (Å²) in [6, 6.07) is 3.52. The summed E-state index contributed by atoms with van der Waals surface area (Å²) in [5.41, 5.74) is 5.86. The molecule has 1 aromatic rings. The minimum Gasteiger partial charge on any atom is -0.383 e. The van der Waals surface area contributed by atoms with Gasteiger partial charge < -0.3 is 15.8 Å². The van der Waals surface area contributed by atoms with Crippen LogP contribution in [0.2, 0.25) is 0 Å². The fourth-order valence-corrected chi connectivity index (χ4v) is 1.31. The number of amides is 1. The van der Waals surface area contributed by atoms with Crippen molar-refractivity contribution >= 4 is 39.9 Å². The van der Waals surface area contributed by atoms with Crippen LogP contribution in [0.3, 0.4) is 0 Å². The number of rotatable bonds is 4. The van der Waals surface area contributed by atoms with Crippen LogP contribution in [-0.4, -0.2) is 25.7 Å². The lowest BCUT2D eigenvalue weighted by Crippen LogP contribution is -2.39. The minimum atomic E-state index is -0.767. The maximum atomic E-state index is 13.1. The smallest absolute Gasteiger partial charge is 0.243 e. The van der Waals surface area contributed by atoms with Crippen molar-refractivity contribution in [3.63, 3.8) is 0 Å². The number of benzene rings is 1. The second kappa shape index (κ2) is 7.60. The number of carbonyl (C=O) groups is 1. The van der Waals surface area contributed by atoms with Gasteiger partial charge in [0.25, 0.3) is 0 Å². The fraction of sp³-hybridized carbons (Fsp3) is 0.300. The number of methoxy groups -OCH3 is 1. The zero-order chi connectivity index (χ0) is 12.1. The summed E-state index contributed by atoms with van der Waals surface area (Å²) in [6.07, 6.45) is 0. The Bertz CT molecular complexity index is 393. The summed E-state index contributed by atoms with van der Waals surface area (Å²) in [6.45, 7) is 0.116. The number of nitrogens with one attached hydrogen (secondary N) is 1. The number of hydrogen-bond donors (Lipinski definition) is 2. The van der Waals surface area contributed by atoms with E-state index in [9.17, 15) is 9.18 Å². The third-order valence-electron chi connectivity index (χ3n) is 1.87. The minimum absolute atomic E-state index is 0. The van der Waals surface area contributed by atoms with E-state index >= 15 is 0 Å². The van der Waals surface area contributed by atoms with Crippen LogP contribution in [0.25, 0.3) is 0 Å². The van der Waals surface area contributed by atoms with E-state index in [1.807, 2.05) is 0 Å². The first-order valence-corrected chi connectivity index (χ1v) is 5.34. The van der Waals surface area contributed by atoms with Crippen LogP contribution in [0.4, 0.5) is 10.1 Å². The summed E-state index contributed by atoms with van der Waals surface area (Å²) >= 11 is 3.02. The Hall–Kier alpha value is -0.690. The predicted octanol–water partition coefficient (Wildman–Crippen LogP) is 1.92. The van der Waals surface area contributed by atoms with Crippen LogP contribution in [0.15, 0.2) is 22.7 Å². The Balaban J connectivity index is 0.00000256. The van der Waals surface area contributed by atoms with E-state index < -0.39 is 17.8 Å². The van der Waals surface area contributed by atoms with E-state index in [2.05, 4.69) is 21.2 Å². The van der Waals surface area contributed by atoms with E-state index in [0.29, 0.717) is 10.2 Å². The summed E-state index contributed by atoms with van der Waals surface area (Å²) in [5.74, 6) is -0.860. The Kier molecular flexibility index (Phi) is 7.29. The van der Waals surface area contributed by atoms with E-state index in [-0.39, 0.29) is 19.0 Å². The topological polar surface area (TPSA) is 64.3 Å². The lowest BCUT2D eigenvalue weighted by atomic mass is 10.2. The summed E-state index contributed by atoms with van der Waals surface area (Å²) < 4.78 is 18.2. The van der Waals surface area contributed by atoms with Gasteiger partial charge in [-0.2, -0.15) is 0 Å². The number of hydrogen-bond acceptors (Lipinski definition) is 3. The van der Waals surface area contributed by atoms with E-state index in [4.69, 9.17) is 10.5 Å². The van der Waals surface area contributed by atoms with Gasteiger partial charge in [0.15, 0.2) is 0 Å². The van der Waals surface area contributed by atoms with Gasteiger partial charge >= 0.3 is 0 Å². The molecule has 0 heterocycles. The number of ether oxygens (including phenoxy) is 1. The Labute approximate surface area is 113 Å².